The van der Waals surface area contributed by atoms with E-state index < -0.39 is 10.0 Å². The first-order chi connectivity index (χ1) is 4.29. The van der Waals surface area contributed by atoms with Crippen molar-refractivity contribution in [3.05, 3.63) is 0 Å². The van der Waals surface area contributed by atoms with Gasteiger partial charge in [0.25, 0.3) is 0 Å². The predicted octanol–water partition coefficient (Wildman–Crippen LogP) is 0.925. The van der Waals surface area contributed by atoms with Crippen LogP contribution >= 0.6 is 10.7 Å². The van der Waals surface area contributed by atoms with Crippen LogP contribution in [0.4, 0.5) is 0 Å². The molecule has 1 saturated heterocycles. The monoisotopic (exact) mass is 168 g/mol. The molecule has 0 aromatic rings. The van der Waals surface area contributed by atoms with Crippen LogP contribution in [0.2, 0.25) is 0 Å². The zero-order valence-electron chi connectivity index (χ0n) is 5.01. The average molecular weight is 169 g/mol. The second-order valence-electron chi connectivity index (χ2n) is 2.19. The molecule has 0 amide bonds. The van der Waals surface area contributed by atoms with Gasteiger partial charge in [0.1, 0.15) is 10.0 Å². The van der Waals surface area contributed by atoms with Crippen molar-refractivity contribution < 1.29 is 8.95 Å². The fourth-order valence-corrected chi connectivity index (χ4v) is 2.07. The van der Waals surface area contributed by atoms with Crippen molar-refractivity contribution in [2.75, 3.05) is 19.0 Å². The Labute approximate surface area is 61.5 Å². The highest BCUT2D eigenvalue weighted by molar-refractivity contribution is 8.08. The molecule has 0 aromatic heterocycles. The zero-order chi connectivity index (χ0) is 6.69. The number of ether oxygens (including phenoxy) is 1. The lowest BCUT2D eigenvalue weighted by atomic mass is 10.2. The zero-order valence-corrected chi connectivity index (χ0v) is 6.58. The van der Waals surface area contributed by atoms with E-state index in [1.807, 2.05) is 0 Å². The van der Waals surface area contributed by atoms with Gasteiger partial charge in [0.2, 0.25) is 0 Å². The fourth-order valence-electron chi connectivity index (χ4n) is 0.900. The quantitative estimate of drug-likeness (QED) is 0.574. The molecule has 0 saturated carbocycles. The molecular formula is C5H9ClO2S. The van der Waals surface area contributed by atoms with E-state index in [9.17, 15) is 4.21 Å². The van der Waals surface area contributed by atoms with Crippen molar-refractivity contribution in [2.24, 2.45) is 5.92 Å². The third-order valence-corrected chi connectivity index (χ3v) is 2.50. The van der Waals surface area contributed by atoms with Gasteiger partial charge in [-0.15, -0.1) is 0 Å². The minimum absolute atomic E-state index is 0.434. The smallest absolute Gasteiger partial charge is 0.115 e. The van der Waals surface area contributed by atoms with Gasteiger partial charge in [-0.2, -0.15) is 0 Å². The number of hydrogen-bond donors (Lipinski definition) is 0. The summed E-state index contributed by atoms with van der Waals surface area (Å²) in [5.74, 6) is 1.02. The van der Waals surface area contributed by atoms with Crippen molar-refractivity contribution >= 4 is 20.7 Å². The first-order valence-electron chi connectivity index (χ1n) is 2.91. The Hall–Kier alpha value is 0.400. The molecule has 1 aliphatic rings. The summed E-state index contributed by atoms with van der Waals surface area (Å²) in [5, 5.41) is 0. The molecule has 2 atom stereocenters. The fraction of sp³-hybridized carbons (Fsp3) is 1.00. The maximum absolute atomic E-state index is 10.4. The third-order valence-electron chi connectivity index (χ3n) is 1.39. The Morgan fingerprint density at radius 1 is 1.78 bits per heavy atom. The SMILES string of the molecule is O=S(Cl)CC1CCOC1. The molecule has 1 rings (SSSR count). The summed E-state index contributed by atoms with van der Waals surface area (Å²) < 4.78 is 15.5. The minimum Gasteiger partial charge on any atom is -0.381 e. The molecule has 0 bridgehead atoms. The molecule has 2 nitrogen and oxygen atoms in total. The number of halogens is 1. The summed E-state index contributed by atoms with van der Waals surface area (Å²) in [6.07, 6.45) is 1.01. The van der Waals surface area contributed by atoms with Gasteiger partial charge in [-0.1, -0.05) is 0 Å². The highest BCUT2D eigenvalue weighted by atomic mass is 35.7. The van der Waals surface area contributed by atoms with Crippen LogP contribution in [-0.4, -0.2) is 23.2 Å². The molecule has 0 radical (unpaired) electrons. The second kappa shape index (κ2) is 3.54. The third kappa shape index (κ3) is 2.65. The Bertz CT molecular complexity index is 112. The van der Waals surface area contributed by atoms with Crippen LogP contribution in [0.15, 0.2) is 0 Å². The Kier molecular flexibility index (Phi) is 2.95. The van der Waals surface area contributed by atoms with Crippen molar-refractivity contribution in [3.8, 4) is 0 Å². The van der Waals surface area contributed by atoms with E-state index in [-0.39, 0.29) is 0 Å². The Balaban J connectivity index is 2.19. The largest absolute Gasteiger partial charge is 0.381 e. The van der Waals surface area contributed by atoms with E-state index in [4.69, 9.17) is 15.4 Å². The average Bonchev–Trinajstić information content (AvgIpc) is 2.15. The maximum atomic E-state index is 10.4. The normalized spacial score (nSPS) is 30.6. The van der Waals surface area contributed by atoms with Gasteiger partial charge in [0.15, 0.2) is 0 Å². The van der Waals surface area contributed by atoms with Crippen molar-refractivity contribution in [3.63, 3.8) is 0 Å². The van der Waals surface area contributed by atoms with Gasteiger partial charge in [0.05, 0.1) is 6.61 Å². The van der Waals surface area contributed by atoms with E-state index >= 15 is 0 Å². The molecule has 1 aliphatic heterocycles. The van der Waals surface area contributed by atoms with Crippen molar-refractivity contribution in [1.29, 1.82) is 0 Å². The lowest BCUT2D eigenvalue weighted by Crippen LogP contribution is -2.06. The van der Waals surface area contributed by atoms with Crippen molar-refractivity contribution in [2.45, 2.75) is 6.42 Å². The van der Waals surface area contributed by atoms with E-state index in [0.29, 0.717) is 11.7 Å². The standard InChI is InChI=1S/C5H9ClO2S/c6-9(7)4-5-1-2-8-3-5/h5H,1-4H2. The van der Waals surface area contributed by atoms with E-state index in [1.165, 1.54) is 0 Å². The van der Waals surface area contributed by atoms with Crippen molar-refractivity contribution in [1.82, 2.24) is 0 Å². The first-order valence-corrected chi connectivity index (χ1v) is 5.06. The van der Waals surface area contributed by atoms with Crippen LogP contribution in [0.3, 0.4) is 0 Å². The molecule has 0 aliphatic carbocycles. The lowest BCUT2D eigenvalue weighted by Gasteiger charge is -2.00. The molecule has 0 spiro atoms. The van der Waals surface area contributed by atoms with Gasteiger partial charge >= 0.3 is 0 Å². The Morgan fingerprint density at radius 2 is 2.56 bits per heavy atom. The molecule has 9 heavy (non-hydrogen) atoms. The predicted molar refractivity (Wildman–Crippen MR) is 37.8 cm³/mol. The van der Waals surface area contributed by atoms with Crippen LogP contribution in [0, 0.1) is 5.92 Å². The van der Waals surface area contributed by atoms with Gasteiger partial charge in [-0.25, -0.2) is 4.21 Å². The molecule has 2 unspecified atom stereocenters. The molecule has 1 fully saturated rings. The second-order valence-corrected chi connectivity index (χ2v) is 4.13. The van der Waals surface area contributed by atoms with Crippen LogP contribution in [0.5, 0.6) is 0 Å². The number of hydrogen-bond acceptors (Lipinski definition) is 2. The summed E-state index contributed by atoms with van der Waals surface area (Å²) >= 11 is 0. The molecule has 4 heteroatoms. The summed E-state index contributed by atoms with van der Waals surface area (Å²) in [6.45, 7) is 1.54. The van der Waals surface area contributed by atoms with Crippen LogP contribution in [-0.2, 0) is 14.7 Å². The summed E-state index contributed by atoms with van der Waals surface area (Å²) in [7, 11) is 4.11. The lowest BCUT2D eigenvalue weighted by molar-refractivity contribution is 0.189. The molecule has 54 valence electrons. The Morgan fingerprint density at radius 3 is 3.00 bits per heavy atom. The minimum atomic E-state index is -1.16. The molecule has 0 N–H and O–H groups in total. The van der Waals surface area contributed by atoms with Gasteiger partial charge in [-0.3, -0.25) is 0 Å². The molecular weight excluding hydrogens is 160 g/mol. The van der Waals surface area contributed by atoms with E-state index in [2.05, 4.69) is 0 Å². The van der Waals surface area contributed by atoms with Gasteiger partial charge in [0, 0.05) is 12.4 Å². The van der Waals surface area contributed by atoms with Gasteiger partial charge in [-0.05, 0) is 23.0 Å². The van der Waals surface area contributed by atoms with Crippen LogP contribution in [0.25, 0.3) is 0 Å². The number of rotatable bonds is 2. The van der Waals surface area contributed by atoms with Crippen LogP contribution in [0.1, 0.15) is 6.42 Å². The van der Waals surface area contributed by atoms with Gasteiger partial charge < -0.3 is 4.74 Å². The van der Waals surface area contributed by atoms with E-state index in [0.717, 1.165) is 19.6 Å². The van der Waals surface area contributed by atoms with E-state index in [1.54, 1.807) is 0 Å². The maximum Gasteiger partial charge on any atom is 0.115 e. The first kappa shape index (κ1) is 7.51. The molecule has 0 aromatic carbocycles. The summed E-state index contributed by atoms with van der Waals surface area (Å²) in [6, 6.07) is 0. The summed E-state index contributed by atoms with van der Waals surface area (Å²) in [5.41, 5.74) is 0. The topological polar surface area (TPSA) is 26.3 Å². The highest BCUT2D eigenvalue weighted by Gasteiger charge is 2.16. The summed E-state index contributed by atoms with van der Waals surface area (Å²) in [4.78, 5) is 0. The molecule has 1 heterocycles. The highest BCUT2D eigenvalue weighted by Crippen LogP contribution is 2.14. The van der Waals surface area contributed by atoms with Crippen LogP contribution < -0.4 is 0 Å².